The third-order valence-corrected chi connectivity index (χ3v) is 17.1. The van der Waals surface area contributed by atoms with E-state index in [2.05, 4.69) is 45.3 Å². The van der Waals surface area contributed by atoms with Crippen molar-refractivity contribution in [2.24, 2.45) is 11.8 Å². The maximum Gasteiger partial charge on any atom is 0.472 e. The molecule has 10 N–H and O–H groups in total. The number of hydrogen-bond donors (Lipinski definition) is 10. The minimum Gasteiger partial charge on any atom is -0.462 e. The Morgan fingerprint density at radius 3 is 1.29 bits per heavy atom. The summed E-state index contributed by atoms with van der Waals surface area (Å²) in [4.78, 5) is 59.9. The standard InChI is InChI=1S/C64H123N2O17P/c1-6-7-8-9-10-11-12-13-14-23-28-33-38-43-56(71)80-51(42-37-32-27-22-18-16-20-25-30-35-40-49(4)5)45-55(70)66-57-61(74)59(72)52(46-67)81-63(57)79-47-53-60(73)62(75)58(64(82-53)83-84(76,77)78)65-54(69)44-50(68)41-36-31-26-21-17-15-19-24-29-34-39-48(2)3/h48-53,57-64,67-68,72-75H,6-47H2,1-5H3,(H,65,69)(H,66,70)(H2,76,77,78)/t50?,51?,52-,53-,57-,58-,59-,60-,61-,62-,63-,64+/m1/s1. The Morgan fingerprint density at radius 1 is 0.488 bits per heavy atom. The van der Waals surface area contributed by atoms with E-state index < -0.39 is 119 Å². The molecule has 0 spiro atoms. The van der Waals surface area contributed by atoms with Crippen LogP contribution in [0.2, 0.25) is 0 Å². The van der Waals surface area contributed by atoms with Crippen LogP contribution in [-0.2, 0) is 42.4 Å². The lowest BCUT2D eigenvalue weighted by Crippen LogP contribution is -2.66. The van der Waals surface area contributed by atoms with Crippen molar-refractivity contribution >= 4 is 25.6 Å². The molecule has 2 rings (SSSR count). The third-order valence-electron chi connectivity index (χ3n) is 16.6. The summed E-state index contributed by atoms with van der Waals surface area (Å²) in [5.41, 5.74) is 0. The summed E-state index contributed by atoms with van der Waals surface area (Å²) >= 11 is 0. The molecule has 496 valence electrons. The van der Waals surface area contributed by atoms with Crippen molar-refractivity contribution in [2.75, 3.05) is 13.2 Å². The topological polar surface area (TPSA) is 300 Å². The van der Waals surface area contributed by atoms with E-state index in [9.17, 15) is 59.4 Å². The molecule has 20 heteroatoms. The third kappa shape index (κ3) is 37.9. The highest BCUT2D eigenvalue weighted by Crippen LogP contribution is 2.41. The summed E-state index contributed by atoms with van der Waals surface area (Å²) in [5.74, 6) is -0.370. The number of nitrogens with one attached hydrogen (secondary N) is 2. The van der Waals surface area contributed by atoms with Crippen molar-refractivity contribution < 1.29 is 82.8 Å². The molecule has 2 unspecified atom stereocenters. The predicted octanol–water partition coefficient (Wildman–Crippen LogP) is 11.2. The van der Waals surface area contributed by atoms with Crippen LogP contribution < -0.4 is 10.6 Å². The highest BCUT2D eigenvalue weighted by Gasteiger charge is 2.50. The maximum atomic E-state index is 13.9. The lowest BCUT2D eigenvalue weighted by Gasteiger charge is -2.45. The second kappa shape index (κ2) is 48.1. The molecule has 2 saturated heterocycles. The fraction of sp³-hybridized carbons (Fsp3) is 0.953. The number of ether oxygens (including phenoxy) is 4. The first-order valence-electron chi connectivity index (χ1n) is 33.7. The van der Waals surface area contributed by atoms with Crippen molar-refractivity contribution in [3.63, 3.8) is 0 Å². The average Bonchev–Trinajstić information content (AvgIpc) is 2.96. The first kappa shape index (κ1) is 78.3. The molecule has 0 aromatic heterocycles. The van der Waals surface area contributed by atoms with Gasteiger partial charge in [0.1, 0.15) is 54.8 Å². The molecule has 2 amide bonds. The molecule has 19 nitrogen and oxygen atoms in total. The number of hydrogen-bond acceptors (Lipinski definition) is 15. The van der Waals surface area contributed by atoms with Gasteiger partial charge in [-0.1, -0.05) is 247 Å². The molecule has 2 aliphatic heterocycles. The molecule has 0 radical (unpaired) electrons. The molecule has 2 aliphatic rings. The Morgan fingerprint density at radius 2 is 0.857 bits per heavy atom. The van der Waals surface area contributed by atoms with Crippen LogP contribution in [0.25, 0.3) is 0 Å². The largest absolute Gasteiger partial charge is 0.472 e. The lowest BCUT2D eigenvalue weighted by molar-refractivity contribution is -0.296. The Kier molecular flexibility index (Phi) is 44.8. The normalized spacial score (nSPS) is 23.7. The predicted molar refractivity (Wildman–Crippen MR) is 327 cm³/mol. The summed E-state index contributed by atoms with van der Waals surface area (Å²) in [6.45, 7) is 9.75. The lowest BCUT2D eigenvalue weighted by atomic mass is 9.95. The molecule has 0 saturated carbocycles. The number of phosphoric acid groups is 1. The Bertz CT molecular complexity index is 1690. The second-order valence-electron chi connectivity index (χ2n) is 25.5. The van der Waals surface area contributed by atoms with Gasteiger partial charge in [0.2, 0.25) is 11.8 Å². The highest BCUT2D eigenvalue weighted by atomic mass is 31.2. The number of esters is 1. The molecule has 84 heavy (non-hydrogen) atoms. The number of unbranched alkanes of at least 4 members (excludes halogenated alkanes) is 30. The van der Waals surface area contributed by atoms with Crippen LogP contribution in [0.5, 0.6) is 0 Å². The Hall–Kier alpha value is -1.84. The van der Waals surface area contributed by atoms with Crippen molar-refractivity contribution in [1.29, 1.82) is 0 Å². The van der Waals surface area contributed by atoms with Gasteiger partial charge in [0.25, 0.3) is 0 Å². The van der Waals surface area contributed by atoms with Crippen LogP contribution in [0.3, 0.4) is 0 Å². The molecule has 2 fully saturated rings. The number of aliphatic hydroxyl groups is 6. The SMILES string of the molecule is CCCCCCCCCCCCCCCC(=O)OC(CCCCCCCCCCCCC(C)C)CC(=O)N[C@H]1[C@H](OC[C@H]2O[C@@H](OP(=O)(O)O)[C@H](NC(=O)CC(O)CCCCCCCCCCCCC(C)C)[C@@H](O)[C@@H]2O)O[C@H](CO)[C@@H](O)[C@@H]1O. The van der Waals surface area contributed by atoms with Crippen LogP contribution >= 0.6 is 7.82 Å². The molecule has 12 atom stereocenters. The molecular weight excluding hydrogens is 1100 g/mol. The first-order chi connectivity index (χ1) is 40.3. The van der Waals surface area contributed by atoms with Gasteiger partial charge in [-0.15, -0.1) is 0 Å². The second-order valence-corrected chi connectivity index (χ2v) is 26.7. The van der Waals surface area contributed by atoms with Gasteiger partial charge in [0.05, 0.1) is 32.2 Å². The quantitative estimate of drug-likeness (QED) is 0.0154. The molecule has 0 bridgehead atoms. The zero-order chi connectivity index (χ0) is 62.0. The van der Waals surface area contributed by atoms with Crippen molar-refractivity contribution in [1.82, 2.24) is 10.6 Å². The summed E-state index contributed by atoms with van der Waals surface area (Å²) in [6, 6.07) is -3.22. The van der Waals surface area contributed by atoms with E-state index in [-0.39, 0.29) is 12.8 Å². The van der Waals surface area contributed by atoms with Crippen LogP contribution in [-0.4, -0.2) is 145 Å². The molecule has 0 aliphatic carbocycles. The van der Waals surface area contributed by atoms with E-state index in [1.807, 2.05) is 0 Å². The Balaban J connectivity index is 2.02. The number of phosphoric ester groups is 1. The first-order valence-corrected chi connectivity index (χ1v) is 35.2. The minimum atomic E-state index is -5.37. The smallest absolute Gasteiger partial charge is 0.462 e. The summed E-state index contributed by atoms with van der Waals surface area (Å²) < 4.78 is 40.4. The molecule has 2 heterocycles. The molecule has 0 aromatic carbocycles. The number of carbonyl (C=O) groups is 3. The fourth-order valence-corrected chi connectivity index (χ4v) is 11.9. The number of carbonyl (C=O) groups excluding carboxylic acids is 3. The van der Waals surface area contributed by atoms with Crippen molar-refractivity contribution in [3.05, 3.63) is 0 Å². The van der Waals surface area contributed by atoms with Crippen LogP contribution in [0.1, 0.15) is 291 Å². The van der Waals surface area contributed by atoms with Gasteiger partial charge < -0.3 is 70.0 Å². The van der Waals surface area contributed by atoms with E-state index in [4.69, 9.17) is 23.5 Å². The van der Waals surface area contributed by atoms with E-state index in [0.717, 1.165) is 82.5 Å². The monoisotopic (exact) mass is 1220 g/mol. The maximum absolute atomic E-state index is 13.9. The van der Waals surface area contributed by atoms with E-state index in [1.165, 1.54) is 135 Å². The molecule has 0 aromatic rings. The van der Waals surface area contributed by atoms with Gasteiger partial charge in [-0.2, -0.15) is 0 Å². The van der Waals surface area contributed by atoms with Gasteiger partial charge in [0.15, 0.2) is 12.6 Å². The van der Waals surface area contributed by atoms with Gasteiger partial charge >= 0.3 is 13.8 Å². The van der Waals surface area contributed by atoms with Crippen molar-refractivity contribution in [3.8, 4) is 0 Å². The fourth-order valence-electron chi connectivity index (χ4n) is 11.4. The number of aliphatic hydroxyl groups excluding tert-OH is 6. The van der Waals surface area contributed by atoms with E-state index >= 15 is 0 Å². The summed E-state index contributed by atoms with van der Waals surface area (Å²) in [5, 5.41) is 70.6. The van der Waals surface area contributed by atoms with Crippen LogP contribution in [0.15, 0.2) is 0 Å². The number of rotatable bonds is 53. The summed E-state index contributed by atoms with van der Waals surface area (Å²) in [7, 11) is -5.37. The zero-order valence-corrected chi connectivity index (χ0v) is 53.9. The van der Waals surface area contributed by atoms with Crippen molar-refractivity contribution in [2.45, 2.75) is 365 Å². The van der Waals surface area contributed by atoms with Gasteiger partial charge in [-0.05, 0) is 37.5 Å². The minimum absolute atomic E-state index is 0.215. The highest BCUT2D eigenvalue weighted by molar-refractivity contribution is 7.46. The Labute approximate surface area is 507 Å². The average molecular weight is 1220 g/mol. The van der Waals surface area contributed by atoms with Crippen LogP contribution in [0.4, 0.5) is 0 Å². The van der Waals surface area contributed by atoms with Gasteiger partial charge in [0, 0.05) is 6.42 Å². The molecular formula is C64H123N2O17P. The van der Waals surface area contributed by atoms with Crippen LogP contribution in [0, 0.1) is 11.8 Å². The summed E-state index contributed by atoms with van der Waals surface area (Å²) in [6.07, 6.45) is 24.4. The number of amides is 2. The van der Waals surface area contributed by atoms with E-state index in [0.29, 0.717) is 32.1 Å². The van der Waals surface area contributed by atoms with Gasteiger partial charge in [-0.3, -0.25) is 18.9 Å². The van der Waals surface area contributed by atoms with E-state index in [1.54, 1.807) is 0 Å². The van der Waals surface area contributed by atoms with Gasteiger partial charge in [-0.25, -0.2) is 4.57 Å². The zero-order valence-electron chi connectivity index (χ0n) is 53.0.